The highest BCUT2D eigenvalue weighted by Gasteiger charge is 2.37. The Labute approximate surface area is 218 Å². The summed E-state index contributed by atoms with van der Waals surface area (Å²) in [5, 5.41) is 19.1. The highest BCUT2D eigenvalue weighted by Crippen LogP contribution is 2.21. The zero-order valence-corrected chi connectivity index (χ0v) is 21.4. The number of carbonyl (C=O) groups excluding carboxylic acids is 1. The van der Waals surface area contributed by atoms with Gasteiger partial charge >= 0.3 is 0 Å². The number of ether oxygens (including phenoxy) is 6. The fourth-order valence-corrected chi connectivity index (χ4v) is 2.54. The summed E-state index contributed by atoms with van der Waals surface area (Å²) in [7, 11) is 0. The molecule has 0 saturated heterocycles. The zero-order chi connectivity index (χ0) is 29.1. The lowest BCUT2D eigenvalue weighted by atomic mass is 10.2. The molecule has 0 rings (SSSR count). The van der Waals surface area contributed by atoms with Crippen LogP contribution in [0.25, 0.3) is 0 Å². The molecule has 2 unspecified atom stereocenters. The van der Waals surface area contributed by atoms with Crippen LogP contribution >= 0.6 is 0 Å². The predicted octanol–water partition coefficient (Wildman–Crippen LogP) is 2.27. The summed E-state index contributed by atoms with van der Waals surface area (Å²) >= 11 is 0. The lowest BCUT2D eigenvalue weighted by Gasteiger charge is -2.22. The van der Waals surface area contributed by atoms with Crippen LogP contribution in [0.15, 0.2) is 12.7 Å². The van der Waals surface area contributed by atoms with E-state index in [2.05, 4.69) is 25.5 Å². The molecule has 0 spiro atoms. The second-order valence-corrected chi connectivity index (χ2v) is 8.60. The van der Waals surface area contributed by atoms with Gasteiger partial charge in [-0.15, -0.1) is 6.58 Å². The Bertz CT molecular complexity index is 640. The third kappa shape index (κ3) is 22.6. The SMILES string of the molecule is C=CCOCC(O)COCC(F)(F)COCC(F)(F)COCC(F)(F)COCC(O)COCCCC(C)=O. The van der Waals surface area contributed by atoms with Gasteiger partial charge in [-0.3, -0.25) is 0 Å². The number of carbonyl (C=O) groups is 1. The molecule has 0 aliphatic rings. The molecule has 2 atom stereocenters. The number of alkyl halides is 6. The van der Waals surface area contributed by atoms with E-state index >= 15 is 0 Å². The van der Waals surface area contributed by atoms with Gasteiger partial charge in [0.15, 0.2) is 0 Å². The number of hydrogen-bond donors (Lipinski definition) is 2. The van der Waals surface area contributed by atoms with Gasteiger partial charge in [0.1, 0.15) is 57.6 Å². The lowest BCUT2D eigenvalue weighted by Crippen LogP contribution is -2.38. The van der Waals surface area contributed by atoms with Gasteiger partial charge < -0.3 is 43.4 Å². The van der Waals surface area contributed by atoms with Crippen molar-refractivity contribution in [1.29, 1.82) is 0 Å². The van der Waals surface area contributed by atoms with Crippen LogP contribution < -0.4 is 0 Å². The summed E-state index contributed by atoms with van der Waals surface area (Å²) in [4.78, 5) is 10.8. The number of aliphatic hydroxyl groups excluding tert-OH is 2. The largest absolute Gasteiger partial charge is 0.388 e. The highest BCUT2D eigenvalue weighted by atomic mass is 19.3. The number of ketones is 1. The van der Waals surface area contributed by atoms with E-state index in [1.807, 2.05) is 0 Å². The van der Waals surface area contributed by atoms with E-state index in [9.17, 15) is 41.4 Å². The van der Waals surface area contributed by atoms with Crippen LogP contribution in [0.1, 0.15) is 19.8 Å². The first kappa shape index (κ1) is 36.7. The van der Waals surface area contributed by atoms with E-state index in [0.29, 0.717) is 12.8 Å². The van der Waals surface area contributed by atoms with Crippen molar-refractivity contribution in [3.63, 3.8) is 0 Å². The zero-order valence-electron chi connectivity index (χ0n) is 21.4. The quantitative estimate of drug-likeness (QED) is 0.0916. The molecule has 0 aromatic heterocycles. The van der Waals surface area contributed by atoms with Crippen LogP contribution in [0.5, 0.6) is 0 Å². The molecule has 0 radical (unpaired) electrons. The Hall–Kier alpha value is -1.33. The van der Waals surface area contributed by atoms with E-state index in [4.69, 9.17) is 9.47 Å². The molecule has 0 fully saturated rings. The van der Waals surface area contributed by atoms with Gasteiger partial charge in [-0.2, -0.15) is 0 Å². The Balaban J connectivity index is 4.04. The summed E-state index contributed by atoms with van der Waals surface area (Å²) in [5.41, 5.74) is 0. The van der Waals surface area contributed by atoms with Crippen molar-refractivity contribution in [1.82, 2.24) is 0 Å². The first-order chi connectivity index (χ1) is 17.7. The number of hydrogen-bond acceptors (Lipinski definition) is 9. The molecule has 9 nitrogen and oxygen atoms in total. The maximum atomic E-state index is 13.7. The second-order valence-electron chi connectivity index (χ2n) is 8.60. The van der Waals surface area contributed by atoms with Gasteiger partial charge in [0, 0.05) is 13.0 Å². The van der Waals surface area contributed by atoms with Gasteiger partial charge in [-0.1, -0.05) is 6.08 Å². The molecule has 2 N–H and O–H groups in total. The van der Waals surface area contributed by atoms with Crippen molar-refractivity contribution in [3.8, 4) is 0 Å². The Morgan fingerprint density at radius 2 is 1.08 bits per heavy atom. The second kappa shape index (κ2) is 19.7. The van der Waals surface area contributed by atoms with Crippen molar-refractivity contribution < 1.29 is 69.8 Å². The van der Waals surface area contributed by atoms with Crippen molar-refractivity contribution >= 4 is 5.78 Å². The maximum Gasteiger partial charge on any atom is 0.293 e. The molecular formula is C23H38F6O9. The van der Waals surface area contributed by atoms with E-state index in [0.717, 1.165) is 0 Å². The maximum absolute atomic E-state index is 13.7. The highest BCUT2D eigenvalue weighted by molar-refractivity contribution is 5.75. The number of rotatable bonds is 26. The number of halogens is 6. The smallest absolute Gasteiger partial charge is 0.293 e. The minimum Gasteiger partial charge on any atom is -0.388 e. The molecule has 15 heteroatoms. The summed E-state index contributed by atoms with van der Waals surface area (Å²) in [6.07, 6.45) is -0.206. The van der Waals surface area contributed by atoms with Gasteiger partial charge in [0.2, 0.25) is 0 Å². The van der Waals surface area contributed by atoms with E-state index in [1.54, 1.807) is 0 Å². The Morgan fingerprint density at radius 1 is 0.711 bits per heavy atom. The average Bonchev–Trinajstić information content (AvgIpc) is 2.78. The van der Waals surface area contributed by atoms with E-state index in [1.165, 1.54) is 13.0 Å². The topological polar surface area (TPSA) is 113 Å². The summed E-state index contributed by atoms with van der Waals surface area (Å²) in [6, 6.07) is 0. The predicted molar refractivity (Wildman–Crippen MR) is 122 cm³/mol. The normalized spacial score (nSPS) is 14.4. The molecule has 0 heterocycles. The Kier molecular flexibility index (Phi) is 19.0. The number of aliphatic hydroxyl groups is 2. The molecule has 0 aromatic rings. The third-order valence-electron chi connectivity index (χ3n) is 4.17. The molecule has 226 valence electrons. The molecule has 0 aliphatic carbocycles. The summed E-state index contributed by atoms with van der Waals surface area (Å²) in [6.45, 7) is -4.55. The minimum absolute atomic E-state index is 0.0189. The van der Waals surface area contributed by atoms with Crippen LogP contribution in [0.3, 0.4) is 0 Å². The van der Waals surface area contributed by atoms with Gasteiger partial charge in [-0.05, 0) is 13.3 Å². The fraction of sp³-hybridized carbons (Fsp3) is 0.870. The van der Waals surface area contributed by atoms with Crippen LogP contribution in [-0.4, -0.2) is 125 Å². The third-order valence-corrected chi connectivity index (χ3v) is 4.17. The van der Waals surface area contributed by atoms with E-state index in [-0.39, 0.29) is 32.2 Å². The lowest BCUT2D eigenvalue weighted by molar-refractivity contribution is -0.185. The molecule has 0 amide bonds. The van der Waals surface area contributed by atoms with Crippen LogP contribution in [0.4, 0.5) is 26.3 Å². The van der Waals surface area contributed by atoms with E-state index < -0.39 is 82.8 Å². The minimum atomic E-state index is -3.83. The van der Waals surface area contributed by atoms with Crippen molar-refractivity contribution in [2.75, 3.05) is 79.3 Å². The first-order valence-corrected chi connectivity index (χ1v) is 11.7. The summed E-state index contributed by atoms with van der Waals surface area (Å²) < 4.78 is 110. The van der Waals surface area contributed by atoms with Crippen molar-refractivity contribution in [2.45, 2.75) is 49.7 Å². The molecule has 0 aromatic carbocycles. The van der Waals surface area contributed by atoms with Gasteiger partial charge in [0.25, 0.3) is 17.8 Å². The van der Waals surface area contributed by atoms with Crippen LogP contribution in [0, 0.1) is 0 Å². The fourth-order valence-electron chi connectivity index (χ4n) is 2.54. The molecule has 0 bridgehead atoms. The molecule has 0 aliphatic heterocycles. The van der Waals surface area contributed by atoms with Crippen molar-refractivity contribution in [2.24, 2.45) is 0 Å². The van der Waals surface area contributed by atoms with Crippen LogP contribution in [0.2, 0.25) is 0 Å². The van der Waals surface area contributed by atoms with Crippen LogP contribution in [-0.2, 0) is 33.2 Å². The number of Topliss-reactive ketones (excluding diaryl/α,β-unsaturated/α-hetero) is 1. The van der Waals surface area contributed by atoms with Crippen molar-refractivity contribution in [3.05, 3.63) is 12.7 Å². The Morgan fingerprint density at radius 3 is 1.47 bits per heavy atom. The molecule has 0 saturated carbocycles. The first-order valence-electron chi connectivity index (χ1n) is 11.7. The average molecular weight is 573 g/mol. The summed E-state index contributed by atoms with van der Waals surface area (Å²) in [5.74, 6) is -11.2. The van der Waals surface area contributed by atoms with Gasteiger partial charge in [0.05, 0.1) is 33.0 Å². The standard InChI is InChI=1S/C23H38F6O9/c1-3-6-33-8-19(31)10-35-12-21(24,25)14-37-16-23(28,29)17-38-15-22(26,27)13-36-11-20(32)9-34-7-4-5-18(2)30/h3,19-20,31-32H,1,4-17H2,2H3. The van der Waals surface area contributed by atoms with Gasteiger partial charge in [-0.25, -0.2) is 26.3 Å². The molecular weight excluding hydrogens is 534 g/mol. The molecule has 38 heavy (non-hydrogen) atoms. The monoisotopic (exact) mass is 572 g/mol.